The van der Waals surface area contributed by atoms with E-state index < -0.39 is 0 Å². The van der Waals surface area contributed by atoms with Crippen molar-refractivity contribution in [3.8, 4) is 0 Å². The third-order valence-corrected chi connectivity index (χ3v) is 3.77. The largest absolute Gasteiger partial charge is 0.347 e. The fourth-order valence-corrected chi connectivity index (χ4v) is 2.70. The van der Waals surface area contributed by atoms with Gasteiger partial charge in [-0.1, -0.05) is 12.2 Å². The average molecular weight is 220 g/mol. The average Bonchev–Trinajstić information content (AvgIpc) is 3.02. The summed E-state index contributed by atoms with van der Waals surface area (Å²) in [6, 6.07) is 0. The van der Waals surface area contributed by atoms with E-state index in [4.69, 9.17) is 12.2 Å². The molecule has 1 heterocycles. The maximum absolute atomic E-state index is 5.37. The smallest absolute Gasteiger partial charge is 0.133 e. The summed E-state index contributed by atoms with van der Waals surface area (Å²) in [6.45, 7) is 0. The van der Waals surface area contributed by atoms with Crippen LogP contribution >= 0.6 is 12.2 Å². The van der Waals surface area contributed by atoms with Gasteiger partial charge in [0.05, 0.1) is 0 Å². The van der Waals surface area contributed by atoms with Crippen molar-refractivity contribution in [2.45, 2.75) is 44.9 Å². The molecule has 1 aromatic heterocycles. The number of nitrogens with one attached hydrogen (secondary N) is 1. The molecule has 80 valence electrons. The molecule has 0 atom stereocenters. The van der Waals surface area contributed by atoms with Crippen molar-refractivity contribution in [1.29, 1.82) is 0 Å². The molecule has 3 heteroatoms. The number of nitrogens with zero attached hydrogens (tertiary/aromatic N) is 1. The molecule has 0 amide bonds. The van der Waals surface area contributed by atoms with Crippen LogP contribution in [0.1, 0.15) is 42.8 Å². The van der Waals surface area contributed by atoms with Crippen LogP contribution in [0.2, 0.25) is 0 Å². The van der Waals surface area contributed by atoms with E-state index in [1.54, 1.807) is 0 Å². The summed E-state index contributed by atoms with van der Waals surface area (Å²) < 4.78 is 0.860. The summed E-state index contributed by atoms with van der Waals surface area (Å²) in [5.74, 6) is 2.01. The van der Waals surface area contributed by atoms with Crippen molar-refractivity contribution in [2.75, 3.05) is 0 Å². The van der Waals surface area contributed by atoms with Crippen LogP contribution in [-0.4, -0.2) is 9.97 Å². The first-order valence-corrected chi connectivity index (χ1v) is 6.34. The van der Waals surface area contributed by atoms with E-state index in [0.717, 1.165) is 29.2 Å². The molecule has 0 saturated heterocycles. The molecule has 2 aliphatic carbocycles. The van der Waals surface area contributed by atoms with Gasteiger partial charge in [0.2, 0.25) is 0 Å². The van der Waals surface area contributed by atoms with Crippen LogP contribution in [0.15, 0.2) is 0 Å². The second-order valence-corrected chi connectivity index (χ2v) is 5.19. The van der Waals surface area contributed by atoms with Crippen molar-refractivity contribution in [3.05, 3.63) is 21.7 Å². The lowest BCUT2D eigenvalue weighted by Crippen LogP contribution is -2.10. The topological polar surface area (TPSA) is 28.7 Å². The number of fused-ring (bicyclic) bond motifs is 1. The van der Waals surface area contributed by atoms with E-state index >= 15 is 0 Å². The second-order valence-electron chi connectivity index (χ2n) is 4.80. The first-order chi connectivity index (χ1) is 7.33. The van der Waals surface area contributed by atoms with E-state index in [9.17, 15) is 0 Å². The third-order valence-electron chi connectivity index (χ3n) is 3.44. The summed E-state index contributed by atoms with van der Waals surface area (Å²) in [6.07, 6.45) is 8.72. The lowest BCUT2D eigenvalue weighted by Gasteiger charge is -2.16. The Morgan fingerprint density at radius 2 is 2.07 bits per heavy atom. The van der Waals surface area contributed by atoms with E-state index in [-0.39, 0.29) is 0 Å². The molecule has 0 aromatic carbocycles. The zero-order valence-electron chi connectivity index (χ0n) is 8.88. The molecule has 0 aliphatic heterocycles. The molecule has 15 heavy (non-hydrogen) atoms. The van der Waals surface area contributed by atoms with Gasteiger partial charge in [-0.3, -0.25) is 0 Å². The lowest BCUT2D eigenvalue weighted by molar-refractivity contribution is 0.643. The number of hydrogen-bond acceptors (Lipinski definition) is 2. The highest BCUT2D eigenvalue weighted by molar-refractivity contribution is 7.71. The molecule has 2 nitrogen and oxygen atoms in total. The summed E-state index contributed by atoms with van der Waals surface area (Å²) >= 11 is 5.37. The molecule has 1 saturated carbocycles. The normalized spacial score (nSPS) is 20.0. The van der Waals surface area contributed by atoms with Crippen LogP contribution in [0, 0.1) is 10.6 Å². The van der Waals surface area contributed by atoms with Crippen molar-refractivity contribution in [2.24, 2.45) is 5.92 Å². The Morgan fingerprint density at radius 1 is 1.27 bits per heavy atom. The Balaban J connectivity index is 1.96. The first-order valence-electron chi connectivity index (χ1n) is 5.94. The number of aromatic amines is 1. The van der Waals surface area contributed by atoms with Crippen LogP contribution in [0.3, 0.4) is 0 Å². The first kappa shape index (κ1) is 9.52. The lowest BCUT2D eigenvalue weighted by atomic mass is 9.97. The maximum Gasteiger partial charge on any atom is 0.133 e. The number of hydrogen-bond donors (Lipinski definition) is 1. The van der Waals surface area contributed by atoms with Gasteiger partial charge in [-0.05, 0) is 44.4 Å². The summed E-state index contributed by atoms with van der Waals surface area (Å²) in [4.78, 5) is 8.03. The maximum atomic E-state index is 5.37. The van der Waals surface area contributed by atoms with Crippen molar-refractivity contribution in [3.63, 3.8) is 0 Å². The molecule has 1 fully saturated rings. The fourth-order valence-electron chi connectivity index (χ4n) is 2.36. The number of H-pyrrole nitrogens is 1. The molecule has 3 rings (SSSR count). The molecule has 2 aliphatic rings. The highest BCUT2D eigenvalue weighted by Crippen LogP contribution is 2.32. The summed E-state index contributed by atoms with van der Waals surface area (Å²) in [7, 11) is 0. The minimum Gasteiger partial charge on any atom is -0.347 e. The molecule has 1 aromatic rings. The summed E-state index contributed by atoms with van der Waals surface area (Å²) in [5.41, 5.74) is 2.69. The number of aryl methyl sites for hydroxylation is 1. The minimum atomic E-state index is 0.860. The van der Waals surface area contributed by atoms with Crippen LogP contribution < -0.4 is 0 Å². The Morgan fingerprint density at radius 3 is 2.87 bits per heavy atom. The molecule has 1 N–H and O–H groups in total. The zero-order valence-corrected chi connectivity index (χ0v) is 9.70. The molecule has 0 radical (unpaired) electrons. The Bertz CT molecular complexity index is 432. The van der Waals surface area contributed by atoms with E-state index in [2.05, 4.69) is 9.97 Å². The molecule has 0 spiro atoms. The molecule has 0 bridgehead atoms. The van der Waals surface area contributed by atoms with E-state index in [1.165, 1.54) is 43.4 Å². The highest BCUT2D eigenvalue weighted by Gasteiger charge is 2.23. The van der Waals surface area contributed by atoms with Gasteiger partial charge >= 0.3 is 0 Å². The predicted molar refractivity (Wildman–Crippen MR) is 62.5 cm³/mol. The molecular formula is C12H16N2S. The predicted octanol–water partition coefficient (Wildman–Crippen LogP) is 2.97. The third kappa shape index (κ3) is 1.98. The van der Waals surface area contributed by atoms with Gasteiger partial charge in [-0.15, -0.1) is 0 Å². The van der Waals surface area contributed by atoms with Gasteiger partial charge in [0.1, 0.15) is 10.5 Å². The van der Waals surface area contributed by atoms with Gasteiger partial charge in [0, 0.05) is 17.7 Å². The monoisotopic (exact) mass is 220 g/mol. The van der Waals surface area contributed by atoms with Gasteiger partial charge < -0.3 is 4.98 Å². The fraction of sp³-hybridized carbons (Fsp3) is 0.667. The van der Waals surface area contributed by atoms with Gasteiger partial charge in [-0.2, -0.15) is 0 Å². The number of aromatic nitrogens is 2. The van der Waals surface area contributed by atoms with E-state index in [0.29, 0.717) is 0 Å². The van der Waals surface area contributed by atoms with Gasteiger partial charge in [-0.25, -0.2) is 4.98 Å². The molecular weight excluding hydrogens is 204 g/mol. The van der Waals surface area contributed by atoms with E-state index in [1.807, 2.05) is 0 Å². The van der Waals surface area contributed by atoms with Gasteiger partial charge in [0.15, 0.2) is 0 Å². The van der Waals surface area contributed by atoms with Crippen LogP contribution in [0.4, 0.5) is 0 Å². The quantitative estimate of drug-likeness (QED) is 0.776. The number of rotatable bonds is 2. The highest BCUT2D eigenvalue weighted by atomic mass is 32.1. The summed E-state index contributed by atoms with van der Waals surface area (Å²) in [5, 5.41) is 0. The van der Waals surface area contributed by atoms with Crippen molar-refractivity contribution >= 4 is 12.2 Å². The molecule has 0 unspecified atom stereocenters. The van der Waals surface area contributed by atoms with Gasteiger partial charge in [0.25, 0.3) is 0 Å². The van der Waals surface area contributed by atoms with Crippen LogP contribution in [0.25, 0.3) is 0 Å². The standard InChI is InChI=1S/C12H16N2S/c15-12-9-3-1-2-4-10(9)13-11(14-12)7-8-5-6-8/h8H,1-7H2,(H,13,14,15). The van der Waals surface area contributed by atoms with Crippen LogP contribution in [0.5, 0.6) is 0 Å². The zero-order chi connectivity index (χ0) is 10.3. The minimum absolute atomic E-state index is 0.860. The second kappa shape index (κ2) is 3.71. The Kier molecular flexibility index (Phi) is 2.35. The Hall–Kier alpha value is -0.700. The SMILES string of the molecule is S=c1nc(CC2CC2)[nH]c2c1CCCC2. The van der Waals surface area contributed by atoms with Crippen molar-refractivity contribution in [1.82, 2.24) is 9.97 Å². The van der Waals surface area contributed by atoms with Crippen LogP contribution in [-0.2, 0) is 19.3 Å². The van der Waals surface area contributed by atoms with Crippen molar-refractivity contribution < 1.29 is 0 Å². The Labute approximate surface area is 95.1 Å².